The number of rotatable bonds is 3. The van der Waals surface area contributed by atoms with Gasteiger partial charge in [0.15, 0.2) is 0 Å². The maximum Gasteiger partial charge on any atom is 0.0552 e. The lowest BCUT2D eigenvalue weighted by molar-refractivity contribution is 0.127. The van der Waals surface area contributed by atoms with E-state index in [4.69, 9.17) is 0 Å². The van der Waals surface area contributed by atoms with E-state index in [1.807, 2.05) is 19.2 Å². The molecule has 1 aliphatic heterocycles. The molecule has 1 aromatic heterocycles. The molecule has 3 nitrogen and oxygen atoms in total. The Bertz CT molecular complexity index is 300. The van der Waals surface area contributed by atoms with Gasteiger partial charge in [-0.25, -0.2) is 0 Å². The zero-order valence-corrected chi connectivity index (χ0v) is 9.13. The second-order valence-electron chi connectivity index (χ2n) is 4.39. The molecule has 0 radical (unpaired) electrons. The van der Waals surface area contributed by atoms with Crippen LogP contribution in [0.5, 0.6) is 0 Å². The van der Waals surface area contributed by atoms with Crippen molar-refractivity contribution in [1.29, 1.82) is 0 Å². The number of hydrogen-bond acceptors (Lipinski definition) is 3. The number of aliphatic hydroxyl groups is 1. The molecule has 15 heavy (non-hydrogen) atoms. The molecule has 2 rings (SSSR count). The van der Waals surface area contributed by atoms with E-state index >= 15 is 0 Å². The van der Waals surface area contributed by atoms with Crippen LogP contribution in [-0.2, 0) is 6.54 Å². The molecule has 3 heteroatoms. The molecule has 0 aliphatic carbocycles. The Hall–Kier alpha value is -0.930. The van der Waals surface area contributed by atoms with Crippen molar-refractivity contribution in [1.82, 2.24) is 9.88 Å². The quantitative estimate of drug-likeness (QED) is 0.809. The molecule has 82 valence electrons. The van der Waals surface area contributed by atoms with Crippen molar-refractivity contribution in [3.63, 3.8) is 0 Å². The minimum atomic E-state index is -0.177. The van der Waals surface area contributed by atoms with Crippen molar-refractivity contribution in [2.75, 3.05) is 13.1 Å². The van der Waals surface area contributed by atoms with Gasteiger partial charge in [0.1, 0.15) is 0 Å². The van der Waals surface area contributed by atoms with Crippen molar-refractivity contribution in [2.45, 2.75) is 26.0 Å². The minimum absolute atomic E-state index is 0.177. The summed E-state index contributed by atoms with van der Waals surface area (Å²) in [7, 11) is 0. The largest absolute Gasteiger partial charge is 0.393 e. The Morgan fingerprint density at radius 1 is 1.67 bits per heavy atom. The van der Waals surface area contributed by atoms with Gasteiger partial charge in [0.05, 0.1) is 6.10 Å². The third-order valence-corrected chi connectivity index (χ3v) is 3.12. The number of hydrogen-bond donors (Lipinski definition) is 1. The summed E-state index contributed by atoms with van der Waals surface area (Å²) < 4.78 is 0. The van der Waals surface area contributed by atoms with Crippen LogP contribution in [-0.4, -0.2) is 34.2 Å². The third kappa shape index (κ3) is 2.76. The molecule has 1 N–H and O–H groups in total. The lowest BCUT2D eigenvalue weighted by Crippen LogP contribution is -2.23. The fraction of sp³-hybridized carbons (Fsp3) is 0.583. The van der Waals surface area contributed by atoms with Gasteiger partial charge in [-0.15, -0.1) is 0 Å². The number of aromatic nitrogens is 1. The highest BCUT2D eigenvalue weighted by atomic mass is 16.3. The maximum atomic E-state index is 9.50. The zero-order valence-electron chi connectivity index (χ0n) is 9.13. The van der Waals surface area contributed by atoms with Crippen molar-refractivity contribution in [3.05, 3.63) is 30.1 Å². The summed E-state index contributed by atoms with van der Waals surface area (Å²) in [5.41, 5.74) is 1.25. The van der Waals surface area contributed by atoms with Gasteiger partial charge in [-0.3, -0.25) is 9.88 Å². The van der Waals surface area contributed by atoms with Gasteiger partial charge in [-0.05, 0) is 37.4 Å². The first kappa shape index (κ1) is 10.6. The average molecular weight is 206 g/mol. The second kappa shape index (κ2) is 4.73. The van der Waals surface area contributed by atoms with Crippen molar-refractivity contribution < 1.29 is 5.11 Å². The molecule has 1 aliphatic rings. The summed E-state index contributed by atoms with van der Waals surface area (Å²) in [6.07, 6.45) is 4.64. The number of aliphatic hydroxyl groups excluding tert-OH is 1. The van der Waals surface area contributed by atoms with Gasteiger partial charge in [-0.2, -0.15) is 0 Å². The van der Waals surface area contributed by atoms with E-state index in [1.54, 1.807) is 6.20 Å². The highest BCUT2D eigenvalue weighted by Crippen LogP contribution is 2.21. The van der Waals surface area contributed by atoms with Gasteiger partial charge in [-0.1, -0.05) is 6.07 Å². The third-order valence-electron chi connectivity index (χ3n) is 3.12. The van der Waals surface area contributed by atoms with E-state index in [1.165, 1.54) is 5.56 Å². The van der Waals surface area contributed by atoms with Gasteiger partial charge in [0.25, 0.3) is 0 Å². The van der Waals surface area contributed by atoms with E-state index in [9.17, 15) is 5.11 Å². The van der Waals surface area contributed by atoms with Crippen LogP contribution in [0.25, 0.3) is 0 Å². The molecule has 0 saturated carbocycles. The lowest BCUT2D eigenvalue weighted by Gasteiger charge is -2.17. The number of likely N-dealkylation sites (tertiary alicyclic amines) is 1. The van der Waals surface area contributed by atoms with Crippen LogP contribution in [0.1, 0.15) is 18.9 Å². The summed E-state index contributed by atoms with van der Waals surface area (Å²) in [5.74, 6) is 0.446. The molecule has 0 spiro atoms. The van der Waals surface area contributed by atoms with Crippen molar-refractivity contribution in [2.24, 2.45) is 5.92 Å². The zero-order chi connectivity index (χ0) is 10.7. The Morgan fingerprint density at radius 3 is 3.13 bits per heavy atom. The van der Waals surface area contributed by atoms with Crippen LogP contribution >= 0.6 is 0 Å². The van der Waals surface area contributed by atoms with Crippen molar-refractivity contribution in [3.8, 4) is 0 Å². The Balaban J connectivity index is 1.88. The summed E-state index contributed by atoms with van der Waals surface area (Å²) in [4.78, 5) is 6.49. The first-order valence-corrected chi connectivity index (χ1v) is 5.55. The molecule has 0 bridgehead atoms. The first-order chi connectivity index (χ1) is 7.25. The highest BCUT2D eigenvalue weighted by molar-refractivity contribution is 5.08. The van der Waals surface area contributed by atoms with E-state index in [2.05, 4.69) is 16.0 Å². The molecule has 0 aromatic carbocycles. The molecule has 2 unspecified atom stereocenters. The SMILES string of the molecule is CC(O)C1CCN(Cc2cccnc2)C1. The standard InChI is InChI=1S/C12H18N2O/c1-10(15)12-4-6-14(9-12)8-11-3-2-5-13-7-11/h2-3,5,7,10,12,15H,4,6,8-9H2,1H3. The van der Waals surface area contributed by atoms with Gasteiger partial charge < -0.3 is 5.11 Å². The minimum Gasteiger partial charge on any atom is -0.393 e. The van der Waals surface area contributed by atoms with Gasteiger partial charge >= 0.3 is 0 Å². The van der Waals surface area contributed by atoms with E-state index in [-0.39, 0.29) is 6.10 Å². The Morgan fingerprint density at radius 2 is 2.53 bits per heavy atom. The fourth-order valence-electron chi connectivity index (χ4n) is 2.15. The molecule has 1 fully saturated rings. The predicted molar refractivity (Wildman–Crippen MR) is 59.3 cm³/mol. The normalized spacial score (nSPS) is 24.3. The monoisotopic (exact) mass is 206 g/mol. The lowest BCUT2D eigenvalue weighted by atomic mass is 10.0. The van der Waals surface area contributed by atoms with E-state index < -0.39 is 0 Å². The molecule has 0 amide bonds. The second-order valence-corrected chi connectivity index (χ2v) is 4.39. The molecule has 1 saturated heterocycles. The first-order valence-electron chi connectivity index (χ1n) is 5.55. The molecule has 2 atom stereocenters. The van der Waals surface area contributed by atoms with Crippen molar-refractivity contribution >= 4 is 0 Å². The predicted octanol–water partition coefficient (Wildman–Crippen LogP) is 1.28. The van der Waals surface area contributed by atoms with Crippen LogP contribution in [0.15, 0.2) is 24.5 Å². The molecular weight excluding hydrogens is 188 g/mol. The van der Waals surface area contributed by atoms with Crippen LogP contribution in [0.3, 0.4) is 0 Å². The number of nitrogens with zero attached hydrogens (tertiary/aromatic N) is 2. The highest BCUT2D eigenvalue weighted by Gasteiger charge is 2.25. The van der Waals surface area contributed by atoms with Crippen LogP contribution in [0.4, 0.5) is 0 Å². The summed E-state index contributed by atoms with van der Waals surface area (Å²) in [6.45, 7) is 4.94. The molecular formula is C12H18N2O. The van der Waals surface area contributed by atoms with Gasteiger partial charge in [0.2, 0.25) is 0 Å². The maximum absolute atomic E-state index is 9.50. The number of pyridine rings is 1. The van der Waals surface area contributed by atoms with Crippen LogP contribution < -0.4 is 0 Å². The molecule has 1 aromatic rings. The summed E-state index contributed by atoms with van der Waals surface area (Å²) in [5, 5.41) is 9.50. The molecule has 2 heterocycles. The average Bonchev–Trinajstić information content (AvgIpc) is 2.68. The summed E-state index contributed by atoms with van der Waals surface area (Å²) >= 11 is 0. The fourth-order valence-corrected chi connectivity index (χ4v) is 2.15. The smallest absolute Gasteiger partial charge is 0.0552 e. The Labute approximate surface area is 90.8 Å². The van der Waals surface area contributed by atoms with Crippen LogP contribution in [0, 0.1) is 5.92 Å². The topological polar surface area (TPSA) is 36.4 Å². The summed E-state index contributed by atoms with van der Waals surface area (Å²) in [6, 6.07) is 4.07. The van der Waals surface area contributed by atoms with E-state index in [0.29, 0.717) is 5.92 Å². The van der Waals surface area contributed by atoms with Gasteiger partial charge in [0, 0.05) is 25.5 Å². The Kier molecular flexibility index (Phi) is 3.34. The van der Waals surface area contributed by atoms with E-state index in [0.717, 1.165) is 26.1 Å². The van der Waals surface area contributed by atoms with Crippen LogP contribution in [0.2, 0.25) is 0 Å².